The Labute approximate surface area is 143 Å². The van der Waals surface area contributed by atoms with Gasteiger partial charge in [-0.1, -0.05) is 19.8 Å². The van der Waals surface area contributed by atoms with Gasteiger partial charge in [0.05, 0.1) is 0 Å². The number of hydroxylamine groups is 1. The van der Waals surface area contributed by atoms with Gasteiger partial charge in [0.2, 0.25) is 5.91 Å². The number of hydrogen-bond acceptors (Lipinski definition) is 4. The van der Waals surface area contributed by atoms with Crippen LogP contribution >= 0.6 is 0 Å². The summed E-state index contributed by atoms with van der Waals surface area (Å²) >= 11 is 0. The first-order chi connectivity index (χ1) is 11.6. The molecule has 0 unspecified atom stereocenters. The van der Waals surface area contributed by atoms with Crippen molar-refractivity contribution in [1.82, 2.24) is 15.7 Å². The fourth-order valence-corrected chi connectivity index (χ4v) is 3.31. The van der Waals surface area contributed by atoms with Crippen molar-refractivity contribution in [2.75, 3.05) is 19.6 Å². The second kappa shape index (κ2) is 7.55. The fourth-order valence-electron chi connectivity index (χ4n) is 3.31. The van der Waals surface area contributed by atoms with Crippen molar-refractivity contribution < 1.29 is 14.4 Å². The summed E-state index contributed by atoms with van der Waals surface area (Å²) < 4.78 is 0. The van der Waals surface area contributed by atoms with E-state index >= 15 is 0 Å². The van der Waals surface area contributed by atoms with Gasteiger partial charge in [-0.25, -0.2) is 0 Å². The number of carbonyl (C=O) groups excluding carboxylic acids is 2. The van der Waals surface area contributed by atoms with Gasteiger partial charge in [0.15, 0.2) is 0 Å². The minimum absolute atomic E-state index is 0.0863. The SMILES string of the molecule is CCCCCC(=O)N1CCC2(C=C(C(=O)NCC3CC3)NO2)CC1. The van der Waals surface area contributed by atoms with Crippen molar-refractivity contribution >= 4 is 11.8 Å². The normalized spacial score (nSPS) is 22.2. The molecule has 2 N–H and O–H groups in total. The first-order valence-electron chi connectivity index (χ1n) is 9.35. The van der Waals surface area contributed by atoms with E-state index in [-0.39, 0.29) is 11.8 Å². The van der Waals surface area contributed by atoms with Gasteiger partial charge in [-0.3, -0.25) is 19.9 Å². The van der Waals surface area contributed by atoms with Crippen LogP contribution in [-0.2, 0) is 14.4 Å². The van der Waals surface area contributed by atoms with Crippen LogP contribution in [0.2, 0.25) is 0 Å². The van der Waals surface area contributed by atoms with E-state index in [0.29, 0.717) is 31.1 Å². The Kier molecular flexibility index (Phi) is 5.43. The minimum Gasteiger partial charge on any atom is -0.350 e. The summed E-state index contributed by atoms with van der Waals surface area (Å²) in [7, 11) is 0. The van der Waals surface area contributed by atoms with E-state index in [4.69, 9.17) is 4.84 Å². The van der Waals surface area contributed by atoms with E-state index in [2.05, 4.69) is 17.7 Å². The maximum Gasteiger partial charge on any atom is 0.269 e. The molecule has 2 fully saturated rings. The molecule has 2 heterocycles. The maximum atomic E-state index is 12.2. The van der Waals surface area contributed by atoms with E-state index in [9.17, 15) is 9.59 Å². The molecule has 0 bridgehead atoms. The van der Waals surface area contributed by atoms with Crippen LogP contribution in [0.15, 0.2) is 11.8 Å². The fraction of sp³-hybridized carbons (Fsp3) is 0.778. The monoisotopic (exact) mass is 335 g/mol. The number of unbranched alkanes of at least 4 members (excludes halogenated alkanes) is 2. The number of carbonyl (C=O) groups is 2. The molecule has 1 saturated carbocycles. The summed E-state index contributed by atoms with van der Waals surface area (Å²) in [5.41, 5.74) is 2.87. The Morgan fingerprint density at radius 1 is 1.33 bits per heavy atom. The molecule has 3 aliphatic rings. The molecule has 3 rings (SSSR count). The molecule has 2 amide bonds. The lowest BCUT2D eigenvalue weighted by Gasteiger charge is -2.36. The Morgan fingerprint density at radius 3 is 2.75 bits per heavy atom. The first-order valence-corrected chi connectivity index (χ1v) is 9.35. The molecule has 0 aromatic carbocycles. The molecular formula is C18H29N3O3. The van der Waals surface area contributed by atoms with Crippen LogP contribution in [0.3, 0.4) is 0 Å². The quantitative estimate of drug-likeness (QED) is 0.697. The molecule has 1 saturated heterocycles. The second-order valence-electron chi connectivity index (χ2n) is 7.32. The number of hydrogen-bond donors (Lipinski definition) is 2. The third-order valence-corrected chi connectivity index (χ3v) is 5.22. The third-order valence-electron chi connectivity index (χ3n) is 5.22. The van der Waals surface area contributed by atoms with Crippen LogP contribution in [0.4, 0.5) is 0 Å². The van der Waals surface area contributed by atoms with Crippen LogP contribution in [0.25, 0.3) is 0 Å². The average Bonchev–Trinajstić information content (AvgIpc) is 3.34. The van der Waals surface area contributed by atoms with Gasteiger partial charge >= 0.3 is 0 Å². The number of piperidine rings is 1. The Morgan fingerprint density at radius 2 is 2.08 bits per heavy atom. The van der Waals surface area contributed by atoms with Gasteiger partial charge in [0.1, 0.15) is 11.3 Å². The van der Waals surface area contributed by atoms with E-state index in [0.717, 1.165) is 38.6 Å². The molecule has 24 heavy (non-hydrogen) atoms. The van der Waals surface area contributed by atoms with Gasteiger partial charge in [-0.05, 0) is 31.3 Å². The minimum atomic E-state index is -0.438. The summed E-state index contributed by atoms with van der Waals surface area (Å²) in [6.07, 6.45) is 9.67. The molecule has 0 atom stereocenters. The average molecular weight is 335 g/mol. The van der Waals surface area contributed by atoms with Crippen molar-refractivity contribution in [1.29, 1.82) is 0 Å². The van der Waals surface area contributed by atoms with Crippen LogP contribution in [-0.4, -0.2) is 41.9 Å². The van der Waals surface area contributed by atoms with E-state index in [1.807, 2.05) is 11.0 Å². The van der Waals surface area contributed by atoms with Gasteiger partial charge < -0.3 is 10.2 Å². The molecule has 2 aliphatic heterocycles. The predicted octanol–water partition coefficient (Wildman–Crippen LogP) is 1.87. The number of nitrogens with one attached hydrogen (secondary N) is 2. The number of nitrogens with zero attached hydrogens (tertiary/aromatic N) is 1. The van der Waals surface area contributed by atoms with Gasteiger partial charge in [-0.2, -0.15) is 0 Å². The first kappa shape index (κ1) is 17.3. The molecule has 1 aliphatic carbocycles. The van der Waals surface area contributed by atoms with E-state index in [1.165, 1.54) is 12.8 Å². The Bertz CT molecular complexity index is 506. The van der Waals surface area contributed by atoms with Crippen LogP contribution in [0.1, 0.15) is 58.3 Å². The molecule has 1 spiro atoms. The summed E-state index contributed by atoms with van der Waals surface area (Å²) in [5.74, 6) is 0.820. The number of likely N-dealkylation sites (tertiary alicyclic amines) is 1. The predicted molar refractivity (Wildman–Crippen MR) is 90.7 cm³/mol. The number of rotatable bonds is 7. The molecule has 134 valence electrons. The van der Waals surface area contributed by atoms with Gasteiger partial charge in [0, 0.05) is 38.9 Å². The van der Waals surface area contributed by atoms with Gasteiger partial charge in [-0.15, -0.1) is 0 Å². The van der Waals surface area contributed by atoms with Crippen LogP contribution in [0.5, 0.6) is 0 Å². The topological polar surface area (TPSA) is 70.7 Å². The molecule has 0 aromatic heterocycles. The zero-order valence-corrected chi connectivity index (χ0v) is 14.6. The zero-order valence-electron chi connectivity index (χ0n) is 14.6. The third kappa shape index (κ3) is 4.29. The molecule has 0 aromatic rings. The molecule has 6 nitrogen and oxygen atoms in total. The Hall–Kier alpha value is -1.56. The highest BCUT2D eigenvalue weighted by molar-refractivity contribution is 5.93. The lowest BCUT2D eigenvalue weighted by molar-refractivity contribution is -0.137. The van der Waals surface area contributed by atoms with Crippen LogP contribution < -0.4 is 10.8 Å². The van der Waals surface area contributed by atoms with Crippen molar-refractivity contribution in [2.45, 2.75) is 63.9 Å². The lowest BCUT2D eigenvalue weighted by Crippen LogP contribution is -2.46. The summed E-state index contributed by atoms with van der Waals surface area (Å²) in [6.45, 7) is 4.29. The van der Waals surface area contributed by atoms with Crippen molar-refractivity contribution in [2.24, 2.45) is 5.92 Å². The van der Waals surface area contributed by atoms with Crippen molar-refractivity contribution in [3.05, 3.63) is 11.8 Å². The molecular weight excluding hydrogens is 306 g/mol. The van der Waals surface area contributed by atoms with Crippen LogP contribution in [0, 0.1) is 5.92 Å². The largest absolute Gasteiger partial charge is 0.350 e. The zero-order chi connectivity index (χ0) is 17.0. The second-order valence-corrected chi connectivity index (χ2v) is 7.32. The van der Waals surface area contributed by atoms with E-state index < -0.39 is 5.60 Å². The highest BCUT2D eigenvalue weighted by Crippen LogP contribution is 2.32. The van der Waals surface area contributed by atoms with Crippen molar-refractivity contribution in [3.8, 4) is 0 Å². The van der Waals surface area contributed by atoms with Gasteiger partial charge in [0.25, 0.3) is 5.91 Å². The smallest absolute Gasteiger partial charge is 0.269 e. The summed E-state index contributed by atoms with van der Waals surface area (Å²) in [5, 5.41) is 2.95. The highest BCUT2D eigenvalue weighted by atomic mass is 16.7. The van der Waals surface area contributed by atoms with E-state index in [1.54, 1.807) is 0 Å². The van der Waals surface area contributed by atoms with Crippen molar-refractivity contribution in [3.63, 3.8) is 0 Å². The molecule has 6 heteroatoms. The standard InChI is InChI=1S/C18H29N3O3/c1-2-3-4-5-16(22)21-10-8-18(9-11-21)12-15(20-24-18)17(23)19-13-14-6-7-14/h12,14,20H,2-11,13H2,1H3,(H,19,23). The lowest BCUT2D eigenvalue weighted by atomic mass is 9.90. The molecule has 0 radical (unpaired) electrons. The Balaban J connectivity index is 1.46. The summed E-state index contributed by atoms with van der Waals surface area (Å²) in [6, 6.07) is 0. The number of amides is 2. The maximum absolute atomic E-state index is 12.2. The summed E-state index contributed by atoms with van der Waals surface area (Å²) in [4.78, 5) is 32.0. The highest BCUT2D eigenvalue weighted by Gasteiger charge is 2.40.